The summed E-state index contributed by atoms with van der Waals surface area (Å²) < 4.78 is 28.9. The number of benzene rings is 1. The van der Waals surface area contributed by atoms with Gasteiger partial charge in [-0.15, -0.1) is 0 Å². The van der Waals surface area contributed by atoms with Gasteiger partial charge in [0.05, 0.1) is 17.6 Å². The summed E-state index contributed by atoms with van der Waals surface area (Å²) in [7, 11) is 0. The number of nitrogens with one attached hydrogen (secondary N) is 1. The number of alkyl halides is 2. The van der Waals surface area contributed by atoms with Gasteiger partial charge in [0.25, 0.3) is 0 Å². The fourth-order valence-electron chi connectivity index (χ4n) is 1.52. The molecule has 0 aliphatic heterocycles. The molecule has 0 aliphatic rings. The lowest BCUT2D eigenvalue weighted by Crippen LogP contribution is -2.05. The zero-order valence-corrected chi connectivity index (χ0v) is 10.1. The number of carbonyl (C=O) groups is 1. The van der Waals surface area contributed by atoms with Gasteiger partial charge in [-0.3, -0.25) is 0 Å². The molecule has 2 N–H and O–H groups in total. The number of hydrogen-bond acceptors (Lipinski definition) is 4. The maximum Gasteiger partial charge on any atom is 0.387 e. The van der Waals surface area contributed by atoms with E-state index in [0.717, 1.165) is 0 Å². The van der Waals surface area contributed by atoms with Crippen molar-refractivity contribution >= 4 is 17.3 Å². The average molecular weight is 280 g/mol. The minimum absolute atomic E-state index is 0.00943. The van der Waals surface area contributed by atoms with Crippen molar-refractivity contribution in [2.45, 2.75) is 6.61 Å². The minimum Gasteiger partial charge on any atom is -0.477 e. The summed E-state index contributed by atoms with van der Waals surface area (Å²) in [5, 5.41) is 11.6. The molecule has 2 aromatic rings. The van der Waals surface area contributed by atoms with Crippen LogP contribution in [0.25, 0.3) is 0 Å². The predicted molar refractivity (Wildman–Crippen MR) is 67.6 cm³/mol. The van der Waals surface area contributed by atoms with Gasteiger partial charge in [-0.25, -0.2) is 9.78 Å². The van der Waals surface area contributed by atoms with E-state index in [1.807, 2.05) is 0 Å². The standard InChI is InChI=1S/C13H10F2N2O3/c14-13(15)20-11-4-2-1-3-9(11)17-8-5-6-10(12(18)19)16-7-8/h1-7,13,17H,(H,18,19). The van der Waals surface area contributed by atoms with E-state index < -0.39 is 12.6 Å². The van der Waals surface area contributed by atoms with E-state index in [-0.39, 0.29) is 11.4 Å². The molecule has 1 heterocycles. The Labute approximate surface area is 112 Å². The normalized spacial score (nSPS) is 10.3. The Morgan fingerprint density at radius 1 is 1.25 bits per heavy atom. The van der Waals surface area contributed by atoms with Crippen LogP contribution in [0, 0.1) is 0 Å². The monoisotopic (exact) mass is 280 g/mol. The van der Waals surface area contributed by atoms with Crippen LogP contribution >= 0.6 is 0 Å². The van der Waals surface area contributed by atoms with E-state index in [1.54, 1.807) is 18.2 Å². The highest BCUT2D eigenvalue weighted by Crippen LogP contribution is 2.28. The highest BCUT2D eigenvalue weighted by molar-refractivity contribution is 5.85. The molecule has 0 radical (unpaired) electrons. The number of carboxylic acid groups (broad SMARTS) is 1. The molecule has 20 heavy (non-hydrogen) atoms. The molecule has 0 bridgehead atoms. The number of carboxylic acids is 1. The van der Waals surface area contributed by atoms with E-state index in [9.17, 15) is 13.6 Å². The molecule has 104 valence electrons. The highest BCUT2D eigenvalue weighted by atomic mass is 19.3. The van der Waals surface area contributed by atoms with E-state index in [0.29, 0.717) is 11.4 Å². The van der Waals surface area contributed by atoms with E-state index in [1.165, 1.54) is 24.4 Å². The molecule has 5 nitrogen and oxygen atoms in total. The smallest absolute Gasteiger partial charge is 0.387 e. The van der Waals surface area contributed by atoms with Gasteiger partial charge in [-0.2, -0.15) is 8.78 Å². The Hall–Kier alpha value is -2.70. The van der Waals surface area contributed by atoms with Gasteiger partial charge in [0.1, 0.15) is 11.4 Å². The van der Waals surface area contributed by atoms with Gasteiger partial charge in [0, 0.05) is 0 Å². The first-order valence-electron chi connectivity index (χ1n) is 5.56. The lowest BCUT2D eigenvalue weighted by atomic mass is 10.2. The predicted octanol–water partition coefficient (Wildman–Crippen LogP) is 3.12. The van der Waals surface area contributed by atoms with Crippen molar-refractivity contribution in [3.63, 3.8) is 0 Å². The second kappa shape index (κ2) is 5.96. The summed E-state index contributed by atoms with van der Waals surface area (Å²) in [6, 6.07) is 8.96. The van der Waals surface area contributed by atoms with E-state index in [4.69, 9.17) is 5.11 Å². The summed E-state index contributed by atoms with van der Waals surface area (Å²) in [5.41, 5.74) is 0.686. The van der Waals surface area contributed by atoms with Crippen LogP contribution in [-0.2, 0) is 0 Å². The zero-order chi connectivity index (χ0) is 14.5. The van der Waals surface area contributed by atoms with Gasteiger partial charge in [-0.1, -0.05) is 12.1 Å². The molecule has 1 aromatic heterocycles. The number of para-hydroxylation sites is 2. The Kier molecular flexibility index (Phi) is 4.09. The average Bonchev–Trinajstić information content (AvgIpc) is 2.41. The van der Waals surface area contributed by atoms with Crippen LogP contribution in [0.15, 0.2) is 42.6 Å². The Balaban J connectivity index is 2.19. The van der Waals surface area contributed by atoms with E-state index >= 15 is 0 Å². The maximum atomic E-state index is 12.3. The van der Waals surface area contributed by atoms with Crippen molar-refractivity contribution in [3.8, 4) is 5.75 Å². The number of aromatic carboxylic acids is 1. The summed E-state index contributed by atoms with van der Waals surface area (Å²) in [6.07, 6.45) is 1.29. The molecule has 0 saturated heterocycles. The Morgan fingerprint density at radius 3 is 2.60 bits per heavy atom. The van der Waals surface area contributed by atoms with Crippen LogP contribution < -0.4 is 10.1 Å². The third-order valence-corrected chi connectivity index (χ3v) is 2.36. The topological polar surface area (TPSA) is 71.5 Å². The van der Waals surface area contributed by atoms with Gasteiger partial charge >= 0.3 is 12.6 Å². The minimum atomic E-state index is -2.93. The largest absolute Gasteiger partial charge is 0.477 e. The fourth-order valence-corrected chi connectivity index (χ4v) is 1.52. The molecule has 0 saturated carbocycles. The molecule has 1 aromatic carbocycles. The van der Waals surface area contributed by atoms with Crippen molar-refractivity contribution in [2.24, 2.45) is 0 Å². The number of pyridine rings is 1. The fraction of sp³-hybridized carbons (Fsp3) is 0.0769. The highest BCUT2D eigenvalue weighted by Gasteiger charge is 2.10. The SMILES string of the molecule is O=C(O)c1ccc(Nc2ccccc2OC(F)F)cn1. The van der Waals surface area contributed by atoms with Gasteiger partial charge < -0.3 is 15.2 Å². The molecule has 0 spiro atoms. The molecule has 0 aliphatic carbocycles. The van der Waals surface area contributed by atoms with Crippen molar-refractivity contribution < 1.29 is 23.4 Å². The number of halogens is 2. The third-order valence-electron chi connectivity index (χ3n) is 2.36. The van der Waals surface area contributed by atoms with Crippen LogP contribution in [0.2, 0.25) is 0 Å². The number of ether oxygens (including phenoxy) is 1. The lowest BCUT2D eigenvalue weighted by molar-refractivity contribution is -0.0493. The number of rotatable bonds is 5. The maximum absolute atomic E-state index is 12.3. The number of hydrogen-bond donors (Lipinski definition) is 2. The molecule has 7 heteroatoms. The summed E-state index contributed by atoms with van der Waals surface area (Å²) in [5.74, 6) is -1.15. The first-order valence-corrected chi connectivity index (χ1v) is 5.56. The molecule has 0 fully saturated rings. The van der Waals surface area contributed by atoms with Crippen LogP contribution in [0.5, 0.6) is 5.75 Å². The van der Waals surface area contributed by atoms with Crippen LogP contribution in [0.1, 0.15) is 10.5 Å². The first-order chi connectivity index (χ1) is 9.56. The Bertz CT molecular complexity index is 603. The summed E-state index contributed by atoms with van der Waals surface area (Å²) in [6.45, 7) is -2.93. The van der Waals surface area contributed by atoms with Crippen molar-refractivity contribution in [2.75, 3.05) is 5.32 Å². The molecule has 2 rings (SSSR count). The first kappa shape index (κ1) is 13.7. The van der Waals surface area contributed by atoms with E-state index in [2.05, 4.69) is 15.0 Å². The lowest BCUT2D eigenvalue weighted by Gasteiger charge is -2.12. The van der Waals surface area contributed by atoms with Gasteiger partial charge in [-0.05, 0) is 24.3 Å². The summed E-state index contributed by atoms with van der Waals surface area (Å²) >= 11 is 0. The number of aromatic nitrogens is 1. The van der Waals surface area contributed by atoms with Gasteiger partial charge in [0.15, 0.2) is 0 Å². The molecule has 0 atom stereocenters. The zero-order valence-electron chi connectivity index (χ0n) is 10.1. The molecular weight excluding hydrogens is 270 g/mol. The van der Waals surface area contributed by atoms with Gasteiger partial charge in [0.2, 0.25) is 0 Å². The van der Waals surface area contributed by atoms with Crippen LogP contribution in [0.4, 0.5) is 20.2 Å². The second-order valence-electron chi connectivity index (χ2n) is 3.74. The third kappa shape index (κ3) is 3.41. The van der Waals surface area contributed by atoms with Crippen LogP contribution in [0.3, 0.4) is 0 Å². The van der Waals surface area contributed by atoms with Crippen molar-refractivity contribution in [1.82, 2.24) is 4.98 Å². The Morgan fingerprint density at radius 2 is 2.00 bits per heavy atom. The summed E-state index contributed by atoms with van der Waals surface area (Å²) in [4.78, 5) is 14.4. The second-order valence-corrected chi connectivity index (χ2v) is 3.74. The molecule has 0 amide bonds. The quantitative estimate of drug-likeness (QED) is 0.880. The number of nitrogens with zero attached hydrogens (tertiary/aromatic N) is 1. The van der Waals surface area contributed by atoms with Crippen molar-refractivity contribution in [1.29, 1.82) is 0 Å². The van der Waals surface area contributed by atoms with Crippen LogP contribution in [-0.4, -0.2) is 22.7 Å². The molecule has 0 unspecified atom stereocenters. The van der Waals surface area contributed by atoms with Crippen molar-refractivity contribution in [3.05, 3.63) is 48.3 Å². The number of anilines is 2. The molecular formula is C13H10F2N2O3.